The molecule has 0 unspecified atom stereocenters. The standard InChI is InChI=1S/C14H20N4O/c1-4-19-11-5-10(6-11)18-9(3)8(2)12-13(15)16-7-17-14(12)18/h7,10-11H,4-6H2,1-3H3,(H2,15,16,17). The first-order valence-electron chi connectivity index (χ1n) is 6.82. The van der Waals surface area contributed by atoms with E-state index in [1.165, 1.54) is 11.3 Å². The number of hydrogen-bond donors (Lipinski definition) is 1. The zero-order chi connectivity index (χ0) is 13.6. The molecule has 0 amide bonds. The molecule has 1 fully saturated rings. The molecule has 0 aliphatic heterocycles. The summed E-state index contributed by atoms with van der Waals surface area (Å²) in [6.45, 7) is 7.05. The lowest BCUT2D eigenvalue weighted by Gasteiger charge is -2.37. The van der Waals surface area contributed by atoms with Crippen molar-refractivity contribution in [2.45, 2.75) is 45.8 Å². The van der Waals surface area contributed by atoms with Crippen molar-refractivity contribution in [1.82, 2.24) is 14.5 Å². The topological polar surface area (TPSA) is 66.0 Å². The molecule has 2 aromatic rings. The van der Waals surface area contributed by atoms with E-state index in [2.05, 4.69) is 28.4 Å². The number of hydrogen-bond acceptors (Lipinski definition) is 4. The van der Waals surface area contributed by atoms with Gasteiger partial charge < -0.3 is 15.0 Å². The first-order chi connectivity index (χ1) is 9.13. The average Bonchev–Trinajstić information content (AvgIpc) is 2.58. The maximum absolute atomic E-state index is 5.98. The zero-order valence-electron chi connectivity index (χ0n) is 11.7. The van der Waals surface area contributed by atoms with Crippen molar-refractivity contribution in [3.8, 4) is 0 Å². The van der Waals surface area contributed by atoms with Crippen LogP contribution in [0, 0.1) is 13.8 Å². The Hall–Kier alpha value is -1.62. The van der Waals surface area contributed by atoms with Crippen LogP contribution in [0.1, 0.15) is 37.1 Å². The molecule has 3 rings (SSSR count). The van der Waals surface area contributed by atoms with Crippen LogP contribution in [0.15, 0.2) is 6.33 Å². The van der Waals surface area contributed by atoms with Crippen molar-refractivity contribution in [3.63, 3.8) is 0 Å². The Labute approximate surface area is 112 Å². The molecule has 0 bridgehead atoms. The lowest BCUT2D eigenvalue weighted by atomic mass is 9.88. The van der Waals surface area contributed by atoms with Crippen LogP contribution in [0.3, 0.4) is 0 Å². The van der Waals surface area contributed by atoms with Gasteiger partial charge in [0.15, 0.2) is 0 Å². The minimum absolute atomic E-state index is 0.395. The van der Waals surface area contributed by atoms with Crippen molar-refractivity contribution in [2.75, 3.05) is 12.3 Å². The van der Waals surface area contributed by atoms with Crippen LogP contribution in [-0.2, 0) is 4.74 Å². The predicted molar refractivity (Wildman–Crippen MR) is 75.1 cm³/mol. The smallest absolute Gasteiger partial charge is 0.146 e. The highest BCUT2D eigenvalue weighted by Crippen LogP contribution is 2.39. The Kier molecular flexibility index (Phi) is 2.93. The molecule has 0 atom stereocenters. The summed E-state index contributed by atoms with van der Waals surface area (Å²) in [6.07, 6.45) is 4.06. The number of nitrogens with two attached hydrogens (primary N) is 1. The molecule has 5 heteroatoms. The third-order valence-corrected chi connectivity index (χ3v) is 4.20. The number of fused-ring (bicyclic) bond motifs is 1. The van der Waals surface area contributed by atoms with E-state index >= 15 is 0 Å². The average molecular weight is 260 g/mol. The fourth-order valence-corrected chi connectivity index (χ4v) is 3.02. The van der Waals surface area contributed by atoms with Crippen molar-refractivity contribution >= 4 is 16.9 Å². The van der Waals surface area contributed by atoms with Gasteiger partial charge in [-0.1, -0.05) is 0 Å². The van der Waals surface area contributed by atoms with E-state index in [1.807, 2.05) is 6.92 Å². The third-order valence-electron chi connectivity index (χ3n) is 4.20. The predicted octanol–water partition coefficient (Wildman–Crippen LogP) is 2.37. The molecule has 2 N–H and O–H groups in total. The SMILES string of the molecule is CCOC1CC(n2c(C)c(C)c3c(N)ncnc32)C1. The van der Waals surface area contributed by atoms with E-state index in [1.54, 1.807) is 6.33 Å². The van der Waals surface area contributed by atoms with Gasteiger partial charge in [0.2, 0.25) is 0 Å². The monoisotopic (exact) mass is 260 g/mol. The van der Waals surface area contributed by atoms with Crippen LogP contribution in [0.2, 0.25) is 0 Å². The molecule has 2 heterocycles. The number of ether oxygens (including phenoxy) is 1. The summed E-state index contributed by atoms with van der Waals surface area (Å²) in [7, 11) is 0. The van der Waals surface area contributed by atoms with E-state index in [-0.39, 0.29) is 0 Å². The van der Waals surface area contributed by atoms with Gasteiger partial charge in [-0.25, -0.2) is 9.97 Å². The molecule has 0 aromatic carbocycles. The maximum atomic E-state index is 5.98. The summed E-state index contributed by atoms with van der Waals surface area (Å²) in [6, 6.07) is 0.474. The van der Waals surface area contributed by atoms with E-state index in [9.17, 15) is 0 Å². The summed E-state index contributed by atoms with van der Waals surface area (Å²) >= 11 is 0. The van der Waals surface area contributed by atoms with Crippen LogP contribution in [-0.4, -0.2) is 27.2 Å². The Morgan fingerprint density at radius 3 is 2.79 bits per heavy atom. The van der Waals surface area contributed by atoms with Crippen molar-refractivity contribution < 1.29 is 4.74 Å². The van der Waals surface area contributed by atoms with Gasteiger partial charge in [-0.2, -0.15) is 0 Å². The fraction of sp³-hybridized carbons (Fsp3) is 0.571. The van der Waals surface area contributed by atoms with Crippen molar-refractivity contribution in [3.05, 3.63) is 17.6 Å². The minimum atomic E-state index is 0.395. The Bertz CT molecular complexity index is 613. The van der Waals surface area contributed by atoms with E-state index in [0.717, 1.165) is 30.5 Å². The quantitative estimate of drug-likeness (QED) is 0.920. The second kappa shape index (κ2) is 4.49. The molecular formula is C14H20N4O. The number of nitrogen functional groups attached to an aromatic ring is 1. The van der Waals surface area contributed by atoms with E-state index in [4.69, 9.17) is 10.5 Å². The highest BCUT2D eigenvalue weighted by molar-refractivity contribution is 5.90. The number of aryl methyl sites for hydroxylation is 1. The molecule has 0 radical (unpaired) electrons. The maximum Gasteiger partial charge on any atom is 0.146 e. The summed E-state index contributed by atoms with van der Waals surface area (Å²) in [5.41, 5.74) is 9.37. The van der Waals surface area contributed by atoms with E-state index in [0.29, 0.717) is 18.0 Å². The van der Waals surface area contributed by atoms with Crippen LogP contribution in [0.4, 0.5) is 5.82 Å². The molecule has 1 aliphatic rings. The van der Waals surface area contributed by atoms with Crippen molar-refractivity contribution in [2.24, 2.45) is 0 Å². The Morgan fingerprint density at radius 2 is 2.11 bits per heavy atom. The summed E-state index contributed by atoms with van der Waals surface area (Å²) in [5, 5.41) is 1.000. The largest absolute Gasteiger partial charge is 0.383 e. The van der Waals surface area contributed by atoms with Gasteiger partial charge in [0.05, 0.1) is 11.5 Å². The lowest BCUT2D eigenvalue weighted by Crippen LogP contribution is -2.33. The Balaban J connectivity index is 2.01. The minimum Gasteiger partial charge on any atom is -0.383 e. The third kappa shape index (κ3) is 1.80. The summed E-state index contributed by atoms with van der Waals surface area (Å²) in [5.74, 6) is 0.574. The number of anilines is 1. The number of rotatable bonds is 3. The second-order valence-corrected chi connectivity index (χ2v) is 5.24. The highest BCUT2D eigenvalue weighted by atomic mass is 16.5. The molecule has 1 aliphatic carbocycles. The van der Waals surface area contributed by atoms with Crippen LogP contribution in [0.5, 0.6) is 0 Å². The van der Waals surface area contributed by atoms with Gasteiger partial charge in [-0.15, -0.1) is 0 Å². The molecule has 102 valence electrons. The first kappa shape index (κ1) is 12.4. The Morgan fingerprint density at radius 1 is 1.37 bits per heavy atom. The molecule has 2 aromatic heterocycles. The van der Waals surface area contributed by atoms with Gasteiger partial charge in [0, 0.05) is 18.3 Å². The fourth-order valence-electron chi connectivity index (χ4n) is 3.02. The second-order valence-electron chi connectivity index (χ2n) is 5.24. The van der Waals surface area contributed by atoms with Crippen LogP contribution >= 0.6 is 0 Å². The zero-order valence-corrected chi connectivity index (χ0v) is 11.7. The van der Waals surface area contributed by atoms with Gasteiger partial charge >= 0.3 is 0 Å². The van der Waals surface area contributed by atoms with Gasteiger partial charge in [0.1, 0.15) is 17.8 Å². The summed E-state index contributed by atoms with van der Waals surface area (Å²) in [4.78, 5) is 8.53. The molecule has 0 spiro atoms. The molecular weight excluding hydrogens is 240 g/mol. The first-order valence-corrected chi connectivity index (χ1v) is 6.82. The normalized spacial score (nSPS) is 22.7. The highest BCUT2D eigenvalue weighted by Gasteiger charge is 2.33. The van der Waals surface area contributed by atoms with Crippen LogP contribution in [0.25, 0.3) is 11.0 Å². The number of aromatic nitrogens is 3. The van der Waals surface area contributed by atoms with Gasteiger partial charge in [-0.3, -0.25) is 0 Å². The van der Waals surface area contributed by atoms with Gasteiger partial charge in [0.25, 0.3) is 0 Å². The molecule has 1 saturated carbocycles. The summed E-state index contributed by atoms with van der Waals surface area (Å²) < 4.78 is 7.95. The molecule has 0 saturated heterocycles. The van der Waals surface area contributed by atoms with Crippen LogP contribution < -0.4 is 5.73 Å². The van der Waals surface area contributed by atoms with E-state index < -0.39 is 0 Å². The molecule has 19 heavy (non-hydrogen) atoms. The lowest BCUT2D eigenvalue weighted by molar-refractivity contribution is -0.0191. The number of nitrogens with zero attached hydrogens (tertiary/aromatic N) is 3. The van der Waals surface area contributed by atoms with Crippen molar-refractivity contribution in [1.29, 1.82) is 0 Å². The van der Waals surface area contributed by atoms with Gasteiger partial charge in [-0.05, 0) is 39.2 Å². The molecule has 5 nitrogen and oxygen atoms in total.